The molecule has 180 valence electrons. The second-order valence-electron chi connectivity index (χ2n) is 8.65. The van der Waals surface area contributed by atoms with E-state index in [0.717, 1.165) is 10.9 Å². The van der Waals surface area contributed by atoms with Gasteiger partial charge in [0, 0.05) is 44.0 Å². The Morgan fingerprint density at radius 1 is 1.18 bits per heavy atom. The van der Waals surface area contributed by atoms with Crippen LogP contribution in [0.4, 0.5) is 15.7 Å². The van der Waals surface area contributed by atoms with E-state index >= 15 is 0 Å². The molecule has 34 heavy (non-hydrogen) atoms. The zero-order chi connectivity index (χ0) is 23.6. The van der Waals surface area contributed by atoms with Crippen molar-refractivity contribution in [1.29, 1.82) is 5.26 Å². The fraction of sp³-hybridized carbons (Fsp3) is 0.409. The van der Waals surface area contributed by atoms with Crippen LogP contribution in [-0.2, 0) is 16.1 Å². The number of piperazine rings is 1. The molecule has 0 atom stereocenters. The first-order valence-corrected chi connectivity index (χ1v) is 11.4. The van der Waals surface area contributed by atoms with Gasteiger partial charge in [0.1, 0.15) is 28.9 Å². The molecule has 1 saturated heterocycles. The van der Waals surface area contributed by atoms with Crippen molar-refractivity contribution in [2.45, 2.75) is 32.9 Å². The van der Waals surface area contributed by atoms with Crippen LogP contribution in [-0.4, -0.2) is 68.1 Å². The number of anilines is 2. The number of carbonyl (C=O) groups is 2. The van der Waals surface area contributed by atoms with Crippen molar-refractivity contribution in [3.63, 3.8) is 0 Å². The van der Waals surface area contributed by atoms with Crippen molar-refractivity contribution < 1.29 is 14.3 Å². The molecule has 0 aliphatic carbocycles. The number of rotatable bonds is 4. The highest BCUT2D eigenvalue weighted by Gasteiger charge is 2.27. The largest absolute Gasteiger partial charge is 0.444 e. The Kier molecular flexibility index (Phi) is 7.68. The van der Waals surface area contributed by atoms with Crippen LogP contribution in [0.2, 0.25) is 0 Å². The maximum atomic E-state index is 12.9. The number of ether oxygens (including phenoxy) is 1. The molecule has 0 spiro atoms. The van der Waals surface area contributed by atoms with Crippen LogP contribution in [0.25, 0.3) is 10.9 Å². The minimum atomic E-state index is -0.542. The number of nitrogens with zero attached hydrogens (tertiary/aromatic N) is 6. The van der Waals surface area contributed by atoms with Crippen molar-refractivity contribution in [1.82, 2.24) is 24.3 Å². The van der Waals surface area contributed by atoms with E-state index in [-0.39, 0.29) is 32.0 Å². The van der Waals surface area contributed by atoms with E-state index in [1.807, 2.05) is 43.7 Å². The third-order valence-electron chi connectivity index (χ3n) is 5.13. The average Bonchev–Trinajstić information content (AvgIpc) is 3.40. The molecule has 10 nitrogen and oxygen atoms in total. The first-order valence-electron chi connectivity index (χ1n) is 10.6. The standard InChI is InChI=1S/C22H25N7O3S.H2S/c1-22(2,3)32-21(31)28-10-8-27(9-11-28)18(30)14-29-7-5-16-17(29)4-6-24-19(16)26-20-25-13-15(12-23)33-20;/h4-7,13H,8-11,14H2,1-3H3,(H,24,25,26);1H2. The molecule has 0 unspecified atom stereocenters. The quantitative estimate of drug-likeness (QED) is 0.583. The molecule has 1 N–H and O–H groups in total. The summed E-state index contributed by atoms with van der Waals surface area (Å²) >= 11 is 1.25. The van der Waals surface area contributed by atoms with Gasteiger partial charge < -0.3 is 24.4 Å². The summed E-state index contributed by atoms with van der Waals surface area (Å²) in [4.78, 5) is 37.7. The van der Waals surface area contributed by atoms with Gasteiger partial charge in [-0.1, -0.05) is 11.3 Å². The third kappa shape index (κ3) is 5.78. The molecular formula is C22H27N7O3S2. The van der Waals surface area contributed by atoms with Crippen LogP contribution in [0.1, 0.15) is 25.6 Å². The Hall–Kier alpha value is -3.30. The van der Waals surface area contributed by atoms with Gasteiger partial charge in [-0.15, -0.1) is 0 Å². The molecule has 12 heteroatoms. The van der Waals surface area contributed by atoms with E-state index in [4.69, 9.17) is 10.00 Å². The molecule has 2 amide bonds. The van der Waals surface area contributed by atoms with Gasteiger partial charge in [-0.25, -0.2) is 14.8 Å². The number of pyridine rings is 1. The number of fused-ring (bicyclic) bond motifs is 1. The average molecular weight is 502 g/mol. The van der Waals surface area contributed by atoms with E-state index in [1.165, 1.54) is 17.5 Å². The Bertz CT molecular complexity index is 1220. The van der Waals surface area contributed by atoms with Crippen molar-refractivity contribution in [3.8, 4) is 6.07 Å². The molecule has 0 radical (unpaired) electrons. The third-order valence-corrected chi connectivity index (χ3v) is 5.95. The maximum absolute atomic E-state index is 12.9. The highest BCUT2D eigenvalue weighted by molar-refractivity contribution is 7.59. The first-order chi connectivity index (χ1) is 15.7. The number of carbonyl (C=O) groups excluding carboxylic acids is 2. The highest BCUT2D eigenvalue weighted by Crippen LogP contribution is 2.27. The first kappa shape index (κ1) is 25.3. The lowest BCUT2D eigenvalue weighted by Crippen LogP contribution is -2.52. The van der Waals surface area contributed by atoms with Crippen LogP contribution in [0.5, 0.6) is 0 Å². The van der Waals surface area contributed by atoms with Gasteiger partial charge >= 0.3 is 6.09 Å². The summed E-state index contributed by atoms with van der Waals surface area (Å²) in [7, 11) is 0. The van der Waals surface area contributed by atoms with Gasteiger partial charge in [-0.05, 0) is 32.9 Å². The van der Waals surface area contributed by atoms with Crippen molar-refractivity contribution in [3.05, 3.63) is 35.6 Å². The smallest absolute Gasteiger partial charge is 0.410 e. The molecule has 3 aromatic rings. The summed E-state index contributed by atoms with van der Waals surface area (Å²) in [6, 6.07) is 5.82. The molecule has 0 bridgehead atoms. The number of nitrogens with one attached hydrogen (secondary N) is 1. The molecule has 1 aliphatic heterocycles. The Labute approximate surface area is 208 Å². The molecule has 1 fully saturated rings. The van der Waals surface area contributed by atoms with Gasteiger partial charge in [-0.3, -0.25) is 4.79 Å². The minimum Gasteiger partial charge on any atom is -0.444 e. The predicted molar refractivity (Wildman–Crippen MR) is 135 cm³/mol. The zero-order valence-corrected chi connectivity index (χ0v) is 21.1. The number of aromatic nitrogens is 3. The maximum Gasteiger partial charge on any atom is 0.410 e. The van der Waals surface area contributed by atoms with Crippen molar-refractivity contribution >= 4 is 58.7 Å². The van der Waals surface area contributed by atoms with Crippen LogP contribution in [0, 0.1) is 11.3 Å². The molecule has 1 aliphatic rings. The lowest BCUT2D eigenvalue weighted by Gasteiger charge is -2.35. The lowest BCUT2D eigenvalue weighted by atomic mass is 10.2. The van der Waals surface area contributed by atoms with E-state index in [9.17, 15) is 9.59 Å². The van der Waals surface area contributed by atoms with E-state index in [2.05, 4.69) is 21.4 Å². The van der Waals surface area contributed by atoms with Gasteiger partial charge in [0.2, 0.25) is 5.91 Å². The lowest BCUT2D eigenvalue weighted by molar-refractivity contribution is -0.133. The van der Waals surface area contributed by atoms with E-state index in [1.54, 1.807) is 16.0 Å². The van der Waals surface area contributed by atoms with Crippen LogP contribution in [0.3, 0.4) is 0 Å². The molecular weight excluding hydrogens is 474 g/mol. The Balaban J connectivity index is 0.00000324. The molecule has 3 aromatic heterocycles. The summed E-state index contributed by atoms with van der Waals surface area (Å²) < 4.78 is 7.30. The van der Waals surface area contributed by atoms with Gasteiger partial charge in [0.05, 0.1) is 11.7 Å². The van der Waals surface area contributed by atoms with Crippen molar-refractivity contribution in [2.75, 3.05) is 31.5 Å². The fourth-order valence-electron chi connectivity index (χ4n) is 3.56. The fourth-order valence-corrected chi connectivity index (χ4v) is 4.17. The van der Waals surface area contributed by atoms with E-state index in [0.29, 0.717) is 42.0 Å². The second-order valence-corrected chi connectivity index (χ2v) is 9.68. The number of hydrogen-bond donors (Lipinski definition) is 1. The summed E-state index contributed by atoms with van der Waals surface area (Å²) in [5.41, 5.74) is 0.324. The molecule has 4 heterocycles. The number of hydrogen-bond acceptors (Lipinski definition) is 8. The van der Waals surface area contributed by atoms with Gasteiger partial charge in [0.25, 0.3) is 0 Å². The Morgan fingerprint density at radius 2 is 1.88 bits per heavy atom. The zero-order valence-electron chi connectivity index (χ0n) is 19.2. The number of nitriles is 1. The predicted octanol–water partition coefficient (Wildman–Crippen LogP) is 3.30. The molecule has 0 saturated carbocycles. The Morgan fingerprint density at radius 3 is 2.53 bits per heavy atom. The van der Waals surface area contributed by atoms with Crippen LogP contribution >= 0.6 is 24.8 Å². The molecule has 4 rings (SSSR count). The SMILES string of the molecule is CC(C)(C)OC(=O)N1CCN(C(=O)Cn2ccc3c(Nc4ncc(C#N)s4)nccc32)CC1.S. The van der Waals surface area contributed by atoms with Gasteiger partial charge in [-0.2, -0.15) is 18.8 Å². The summed E-state index contributed by atoms with van der Waals surface area (Å²) in [6.07, 6.45) is 4.69. The topological polar surface area (TPSA) is 116 Å². The van der Waals surface area contributed by atoms with Gasteiger partial charge in [0.15, 0.2) is 5.13 Å². The van der Waals surface area contributed by atoms with Crippen LogP contribution in [0.15, 0.2) is 30.7 Å². The minimum absolute atomic E-state index is 0. The summed E-state index contributed by atoms with van der Waals surface area (Å²) in [5, 5.41) is 13.6. The van der Waals surface area contributed by atoms with Crippen molar-refractivity contribution in [2.24, 2.45) is 0 Å². The number of thiazole rings is 1. The second kappa shape index (κ2) is 10.3. The summed E-state index contributed by atoms with van der Waals surface area (Å²) in [5.74, 6) is 0.602. The summed E-state index contributed by atoms with van der Waals surface area (Å²) in [6.45, 7) is 7.53. The highest BCUT2D eigenvalue weighted by atomic mass is 32.1. The molecule has 0 aromatic carbocycles. The number of amides is 2. The van der Waals surface area contributed by atoms with E-state index < -0.39 is 5.60 Å². The van der Waals surface area contributed by atoms with Crippen LogP contribution < -0.4 is 5.32 Å². The normalized spacial score (nSPS) is 13.8. The monoisotopic (exact) mass is 501 g/mol.